The highest BCUT2D eigenvalue weighted by atomic mass is 32.2. The number of hydrogen-bond acceptors (Lipinski definition) is 12. The van der Waals surface area contributed by atoms with E-state index in [0.717, 1.165) is 30.1 Å². The first-order valence-electron chi connectivity index (χ1n) is 25.5. The minimum atomic E-state index is -4.09. The standard InChI is InChI=1S/C55H67N9O9S/c1-5-6-7-8-9-10-11-12-13-14-15-16-17-18-19-23-36-57-52(65)40-26-35-48(49(37-40)64(68)69)63-53(66)46(51(73-63)55(2,3)4)39-72-44-31-27-42(28-32-44)61-74(70,71)45-33-29-41(30-34-45)58-59-50-47(38-56)60-62(54(50)67)43-24-21-20-22-25-43/h20-22,24-35,37,60-61H,5-19,23,36,39H2,1-4H3,(H,57,65). The van der Waals surface area contributed by atoms with Crippen LogP contribution in [-0.4, -0.2) is 40.3 Å². The van der Waals surface area contributed by atoms with Gasteiger partial charge in [-0.25, -0.2) is 13.1 Å². The van der Waals surface area contributed by atoms with Crippen molar-refractivity contribution >= 4 is 38.7 Å². The van der Waals surface area contributed by atoms with Crippen LogP contribution in [0.2, 0.25) is 0 Å². The topological polar surface area (TPSA) is 249 Å². The Bertz CT molecular complexity index is 3110. The fraction of sp³-hybridized carbons (Fsp3) is 0.418. The maximum absolute atomic E-state index is 14.0. The monoisotopic (exact) mass is 1030 g/mol. The molecule has 18 nitrogen and oxygen atoms in total. The van der Waals surface area contributed by atoms with Crippen molar-refractivity contribution in [2.45, 2.75) is 147 Å². The van der Waals surface area contributed by atoms with Gasteiger partial charge in [-0.3, -0.25) is 34.3 Å². The summed E-state index contributed by atoms with van der Waals surface area (Å²) in [5.41, 5.74) is -1.79. The van der Waals surface area contributed by atoms with Gasteiger partial charge in [0.2, 0.25) is 0 Å². The number of nitro groups is 1. The molecule has 392 valence electrons. The van der Waals surface area contributed by atoms with E-state index in [1.54, 1.807) is 30.3 Å². The summed E-state index contributed by atoms with van der Waals surface area (Å²) < 4.78 is 43.2. The molecule has 0 fully saturated rings. The number of azo groups is 1. The number of hydrogen-bond donors (Lipinski definition) is 3. The molecule has 0 aliphatic carbocycles. The lowest BCUT2D eigenvalue weighted by Gasteiger charge is -2.16. The van der Waals surface area contributed by atoms with Crippen LogP contribution in [-0.2, 0) is 22.0 Å². The van der Waals surface area contributed by atoms with Crippen molar-refractivity contribution in [3.05, 3.63) is 150 Å². The van der Waals surface area contributed by atoms with Crippen LogP contribution in [0.4, 0.5) is 22.7 Å². The first-order valence-corrected chi connectivity index (χ1v) is 27.0. The summed E-state index contributed by atoms with van der Waals surface area (Å²) in [6, 6.07) is 25.8. The van der Waals surface area contributed by atoms with Crippen LogP contribution in [0.1, 0.15) is 158 Å². The summed E-state index contributed by atoms with van der Waals surface area (Å²) in [4.78, 5) is 51.7. The summed E-state index contributed by atoms with van der Waals surface area (Å²) in [5, 5.41) is 35.5. The Morgan fingerprint density at radius 2 is 1.39 bits per heavy atom. The lowest BCUT2D eigenvalue weighted by molar-refractivity contribution is -0.384. The van der Waals surface area contributed by atoms with Crippen LogP contribution in [0.15, 0.2) is 126 Å². The van der Waals surface area contributed by atoms with Gasteiger partial charge in [-0.15, -0.1) is 9.85 Å². The van der Waals surface area contributed by atoms with Crippen molar-refractivity contribution in [1.29, 1.82) is 5.26 Å². The van der Waals surface area contributed by atoms with Crippen LogP contribution in [0.5, 0.6) is 5.75 Å². The van der Waals surface area contributed by atoms with Crippen molar-refractivity contribution in [3.8, 4) is 23.2 Å². The number of nitriles is 1. The lowest BCUT2D eigenvalue weighted by Crippen LogP contribution is -2.25. The minimum absolute atomic E-state index is 0.0843. The van der Waals surface area contributed by atoms with Gasteiger partial charge in [0, 0.05) is 29.3 Å². The molecule has 2 heterocycles. The van der Waals surface area contributed by atoms with Gasteiger partial charge in [0.25, 0.3) is 32.7 Å². The molecule has 4 aromatic carbocycles. The van der Waals surface area contributed by atoms with Crippen molar-refractivity contribution in [2.24, 2.45) is 10.2 Å². The number of carbonyl (C=O) groups is 1. The predicted molar refractivity (Wildman–Crippen MR) is 285 cm³/mol. The Labute approximate surface area is 432 Å². The summed E-state index contributed by atoms with van der Waals surface area (Å²) in [7, 11) is -4.09. The van der Waals surface area contributed by atoms with Crippen molar-refractivity contribution < 1.29 is 27.4 Å². The normalized spacial score (nSPS) is 11.7. The number of nitrogens with one attached hydrogen (secondary N) is 3. The molecule has 0 saturated heterocycles. The lowest BCUT2D eigenvalue weighted by atomic mass is 9.91. The summed E-state index contributed by atoms with van der Waals surface area (Å²) >= 11 is 0. The quantitative estimate of drug-likeness (QED) is 0.0173. The molecular formula is C55H67N9O9S. The van der Waals surface area contributed by atoms with E-state index in [2.05, 4.69) is 32.3 Å². The maximum Gasteiger partial charge on any atom is 0.300 e. The molecular weight excluding hydrogens is 963 g/mol. The molecule has 6 rings (SSSR count). The smallest absolute Gasteiger partial charge is 0.300 e. The number of benzene rings is 4. The number of H-pyrrole nitrogens is 1. The van der Waals surface area contributed by atoms with Gasteiger partial charge < -0.3 is 14.6 Å². The SMILES string of the molecule is CCCCCCCCCCCCCCCCCCNC(=O)c1ccc(-n2oc(C(C)(C)C)c(COc3ccc(NS(=O)(=O)c4ccc(N=Nc5c(C#N)[nH]n(-c6ccccc6)c5=O)cc4)cc3)c2=O)c([N+](=O)[O-])c1. The van der Waals surface area contributed by atoms with E-state index < -0.39 is 43.1 Å². The number of nitrogens with zero attached hydrogens (tertiary/aromatic N) is 6. The summed E-state index contributed by atoms with van der Waals surface area (Å²) in [6.07, 6.45) is 19.9. The molecule has 0 bridgehead atoms. The van der Waals surface area contributed by atoms with Crippen LogP contribution in [0.3, 0.4) is 0 Å². The average Bonchev–Trinajstić information content (AvgIpc) is 3.91. The number of carbonyl (C=O) groups excluding carboxylic acids is 1. The Hall–Kier alpha value is -7.59. The molecule has 19 heteroatoms. The molecule has 0 saturated carbocycles. The largest absolute Gasteiger partial charge is 0.489 e. The summed E-state index contributed by atoms with van der Waals surface area (Å²) in [6.45, 7) is 7.86. The Balaban J connectivity index is 0.997. The second-order valence-electron chi connectivity index (χ2n) is 19.3. The van der Waals surface area contributed by atoms with Gasteiger partial charge in [0.15, 0.2) is 22.8 Å². The van der Waals surface area contributed by atoms with Crippen LogP contribution < -0.4 is 25.9 Å². The molecule has 0 aliphatic rings. The highest BCUT2D eigenvalue weighted by Crippen LogP contribution is 2.31. The van der Waals surface area contributed by atoms with Gasteiger partial charge in [0.1, 0.15) is 18.4 Å². The first-order chi connectivity index (χ1) is 35.6. The van der Waals surface area contributed by atoms with E-state index in [4.69, 9.17) is 9.26 Å². The third-order valence-electron chi connectivity index (χ3n) is 12.4. The van der Waals surface area contributed by atoms with Crippen molar-refractivity contribution in [1.82, 2.24) is 19.8 Å². The van der Waals surface area contributed by atoms with Gasteiger partial charge >= 0.3 is 0 Å². The van der Waals surface area contributed by atoms with E-state index >= 15 is 0 Å². The fourth-order valence-corrected chi connectivity index (χ4v) is 9.45. The van der Waals surface area contributed by atoms with Crippen LogP contribution in [0.25, 0.3) is 11.4 Å². The Kier molecular flexibility index (Phi) is 20.3. The van der Waals surface area contributed by atoms with Crippen LogP contribution in [0, 0.1) is 21.4 Å². The molecule has 0 unspecified atom stereocenters. The number of unbranched alkanes of at least 4 members (excludes halogenated alkanes) is 15. The molecule has 0 atom stereocenters. The molecule has 74 heavy (non-hydrogen) atoms. The van der Waals surface area contributed by atoms with Crippen LogP contribution >= 0.6 is 0 Å². The van der Waals surface area contributed by atoms with Gasteiger partial charge in [-0.05, 0) is 79.2 Å². The highest BCUT2D eigenvalue weighted by molar-refractivity contribution is 7.92. The zero-order valence-electron chi connectivity index (χ0n) is 42.7. The average molecular weight is 1030 g/mol. The maximum atomic E-state index is 14.0. The molecule has 3 N–H and O–H groups in total. The Morgan fingerprint density at radius 1 is 0.797 bits per heavy atom. The number of anilines is 1. The highest BCUT2D eigenvalue weighted by Gasteiger charge is 2.31. The molecule has 0 aliphatic heterocycles. The molecule has 6 aromatic rings. The second kappa shape index (κ2) is 26.9. The van der Waals surface area contributed by atoms with E-state index in [9.17, 15) is 38.2 Å². The number of nitro benzene ring substituents is 1. The van der Waals surface area contributed by atoms with E-state index in [-0.39, 0.29) is 62.6 Å². The number of para-hydroxylation sites is 1. The summed E-state index contributed by atoms with van der Waals surface area (Å²) in [5.74, 6) is 0.0682. The number of aromatic nitrogens is 3. The number of sulfonamides is 1. The minimum Gasteiger partial charge on any atom is -0.489 e. The zero-order chi connectivity index (χ0) is 53.1. The number of ether oxygens (including phenoxy) is 1. The molecule has 1 amide bonds. The zero-order valence-corrected chi connectivity index (χ0v) is 43.5. The third-order valence-corrected chi connectivity index (χ3v) is 13.8. The number of aromatic amines is 1. The van der Waals surface area contributed by atoms with E-state index in [1.807, 2.05) is 26.8 Å². The number of rotatable bonds is 29. The Morgan fingerprint density at radius 3 is 1.96 bits per heavy atom. The van der Waals surface area contributed by atoms with E-state index in [0.29, 0.717) is 12.2 Å². The van der Waals surface area contributed by atoms with E-state index in [1.165, 1.54) is 149 Å². The second-order valence-corrected chi connectivity index (χ2v) is 21.0. The van der Waals surface area contributed by atoms with Gasteiger partial charge in [-0.2, -0.15) is 10.4 Å². The molecule has 0 spiro atoms. The van der Waals surface area contributed by atoms with Crippen molar-refractivity contribution in [2.75, 3.05) is 11.3 Å². The molecule has 0 radical (unpaired) electrons. The predicted octanol–water partition coefficient (Wildman–Crippen LogP) is 12.8. The fourth-order valence-electron chi connectivity index (χ4n) is 8.39. The van der Waals surface area contributed by atoms with Gasteiger partial charge in [0.05, 0.1) is 26.8 Å². The number of amides is 1. The third kappa shape index (κ3) is 15.5. The van der Waals surface area contributed by atoms with Crippen molar-refractivity contribution in [3.63, 3.8) is 0 Å². The van der Waals surface area contributed by atoms with Gasteiger partial charge in [-0.1, -0.05) is 142 Å². The first kappa shape index (κ1) is 55.7. The molecule has 2 aromatic heterocycles.